The van der Waals surface area contributed by atoms with Crippen LogP contribution >= 0.6 is 0 Å². The molecule has 0 aliphatic rings. The highest BCUT2D eigenvalue weighted by Crippen LogP contribution is 2.12. The van der Waals surface area contributed by atoms with Gasteiger partial charge in [-0.25, -0.2) is 4.98 Å². The maximum absolute atomic E-state index is 12.2. The average molecular weight is 272 g/mol. The van der Waals surface area contributed by atoms with Gasteiger partial charge in [-0.2, -0.15) is 0 Å². The van der Waals surface area contributed by atoms with Gasteiger partial charge in [0.1, 0.15) is 11.6 Å². The molecule has 0 N–H and O–H groups in total. The van der Waals surface area contributed by atoms with Gasteiger partial charge in [-0.3, -0.25) is 14.2 Å². The molecule has 104 valence electrons. The number of nitrogens with zero attached hydrogens (tertiary/aromatic N) is 2. The van der Waals surface area contributed by atoms with Crippen LogP contribution in [0.15, 0.2) is 35.1 Å². The van der Waals surface area contributed by atoms with E-state index >= 15 is 0 Å². The van der Waals surface area contributed by atoms with Crippen molar-refractivity contribution in [2.45, 2.75) is 20.4 Å². The van der Waals surface area contributed by atoms with Crippen LogP contribution < -0.4 is 10.3 Å². The predicted molar refractivity (Wildman–Crippen MR) is 75.3 cm³/mol. The van der Waals surface area contributed by atoms with Gasteiger partial charge in [-0.1, -0.05) is 0 Å². The van der Waals surface area contributed by atoms with Gasteiger partial charge in [0.2, 0.25) is 0 Å². The molecule has 0 saturated heterocycles. The zero-order valence-corrected chi connectivity index (χ0v) is 11.7. The number of aromatic nitrogens is 2. The Hall–Kier alpha value is -2.43. The largest absolute Gasteiger partial charge is 0.497 e. The molecule has 5 nitrogen and oxygen atoms in total. The van der Waals surface area contributed by atoms with Crippen molar-refractivity contribution in [2.75, 3.05) is 7.11 Å². The summed E-state index contributed by atoms with van der Waals surface area (Å²) in [6.45, 7) is 3.46. The summed E-state index contributed by atoms with van der Waals surface area (Å²) in [5.74, 6) is 1.09. The summed E-state index contributed by atoms with van der Waals surface area (Å²) in [6.07, 6.45) is 0. The maximum Gasteiger partial charge on any atom is 0.254 e. The molecule has 2 rings (SSSR count). The molecule has 2 aromatic rings. The van der Waals surface area contributed by atoms with Crippen LogP contribution in [0.25, 0.3) is 0 Å². The Morgan fingerprint density at radius 2 is 1.90 bits per heavy atom. The number of hydrogen-bond donors (Lipinski definition) is 0. The van der Waals surface area contributed by atoms with E-state index in [4.69, 9.17) is 4.74 Å². The Kier molecular flexibility index (Phi) is 3.98. The molecule has 1 aromatic heterocycles. The Labute approximate surface area is 116 Å². The molecule has 0 aliphatic carbocycles. The summed E-state index contributed by atoms with van der Waals surface area (Å²) in [4.78, 5) is 28.3. The molecule has 1 aromatic carbocycles. The van der Waals surface area contributed by atoms with Gasteiger partial charge in [0.05, 0.1) is 13.7 Å². The Bertz CT molecular complexity index is 687. The van der Waals surface area contributed by atoms with E-state index in [1.165, 1.54) is 10.6 Å². The van der Waals surface area contributed by atoms with Gasteiger partial charge in [-0.05, 0) is 38.1 Å². The van der Waals surface area contributed by atoms with Gasteiger partial charge >= 0.3 is 0 Å². The summed E-state index contributed by atoms with van der Waals surface area (Å²) >= 11 is 0. The fourth-order valence-corrected chi connectivity index (χ4v) is 1.97. The molecule has 0 spiro atoms. The van der Waals surface area contributed by atoms with Gasteiger partial charge in [0.25, 0.3) is 5.56 Å². The molecule has 0 atom stereocenters. The quantitative estimate of drug-likeness (QED) is 0.796. The lowest BCUT2D eigenvalue weighted by Crippen LogP contribution is -2.27. The van der Waals surface area contributed by atoms with Gasteiger partial charge in [-0.15, -0.1) is 0 Å². The van der Waals surface area contributed by atoms with E-state index in [1.807, 2.05) is 0 Å². The lowest BCUT2D eigenvalue weighted by Gasteiger charge is -2.09. The second kappa shape index (κ2) is 5.69. The van der Waals surface area contributed by atoms with Gasteiger partial charge in [0, 0.05) is 17.3 Å². The van der Waals surface area contributed by atoms with Crippen LogP contribution in [-0.4, -0.2) is 22.4 Å². The number of hydrogen-bond acceptors (Lipinski definition) is 4. The topological polar surface area (TPSA) is 61.2 Å². The Balaban J connectivity index is 2.25. The number of methoxy groups -OCH3 is 1. The number of carbonyl (C=O) groups excluding carboxylic acids is 1. The first kappa shape index (κ1) is 14.0. The second-order valence-electron chi connectivity index (χ2n) is 4.52. The smallest absolute Gasteiger partial charge is 0.254 e. The van der Waals surface area contributed by atoms with Crippen molar-refractivity contribution in [1.82, 2.24) is 9.55 Å². The summed E-state index contributed by atoms with van der Waals surface area (Å²) in [5.41, 5.74) is 0.982. The van der Waals surface area contributed by atoms with Crippen LogP contribution in [0.4, 0.5) is 0 Å². The van der Waals surface area contributed by atoms with Crippen molar-refractivity contribution in [3.05, 3.63) is 57.8 Å². The van der Waals surface area contributed by atoms with Crippen molar-refractivity contribution >= 4 is 5.78 Å². The fraction of sp³-hybridized carbons (Fsp3) is 0.267. The molecule has 0 amide bonds. The number of benzene rings is 1. The first-order valence-corrected chi connectivity index (χ1v) is 6.23. The Morgan fingerprint density at radius 1 is 1.25 bits per heavy atom. The van der Waals surface area contributed by atoms with Gasteiger partial charge in [0.15, 0.2) is 5.78 Å². The molecule has 0 fully saturated rings. The minimum Gasteiger partial charge on any atom is -0.497 e. The molecule has 20 heavy (non-hydrogen) atoms. The predicted octanol–water partition coefficient (Wildman–Crippen LogP) is 1.75. The summed E-state index contributed by atoms with van der Waals surface area (Å²) in [5, 5.41) is 0. The number of rotatable bonds is 4. The van der Waals surface area contributed by atoms with Crippen molar-refractivity contribution < 1.29 is 9.53 Å². The number of carbonyl (C=O) groups is 1. The molecule has 1 heterocycles. The van der Waals surface area contributed by atoms with Crippen LogP contribution in [0.2, 0.25) is 0 Å². The van der Waals surface area contributed by atoms with Crippen molar-refractivity contribution in [1.29, 1.82) is 0 Å². The first-order valence-electron chi connectivity index (χ1n) is 6.23. The van der Waals surface area contributed by atoms with Crippen LogP contribution in [0.1, 0.15) is 21.9 Å². The van der Waals surface area contributed by atoms with Crippen LogP contribution in [0.5, 0.6) is 5.75 Å². The van der Waals surface area contributed by atoms with Crippen LogP contribution in [0, 0.1) is 13.8 Å². The highest BCUT2D eigenvalue weighted by molar-refractivity contribution is 5.96. The zero-order valence-electron chi connectivity index (χ0n) is 11.7. The second-order valence-corrected chi connectivity index (χ2v) is 4.52. The van der Waals surface area contributed by atoms with Crippen molar-refractivity contribution in [3.63, 3.8) is 0 Å². The molecule has 5 heteroatoms. The lowest BCUT2D eigenvalue weighted by molar-refractivity contribution is 0.0969. The highest BCUT2D eigenvalue weighted by atomic mass is 16.5. The minimum absolute atomic E-state index is 0.00965. The Morgan fingerprint density at radius 3 is 2.45 bits per heavy atom. The summed E-state index contributed by atoms with van der Waals surface area (Å²) in [6, 6.07) is 8.23. The highest BCUT2D eigenvalue weighted by Gasteiger charge is 2.10. The normalized spacial score (nSPS) is 10.3. The molecule has 0 bridgehead atoms. The summed E-state index contributed by atoms with van der Waals surface area (Å²) < 4.78 is 6.42. The van der Waals surface area contributed by atoms with E-state index < -0.39 is 0 Å². The monoisotopic (exact) mass is 272 g/mol. The third-order valence-electron chi connectivity index (χ3n) is 3.04. The molecule has 0 aliphatic heterocycles. The fourth-order valence-electron chi connectivity index (χ4n) is 1.97. The molecular weight excluding hydrogens is 256 g/mol. The van der Waals surface area contributed by atoms with Crippen LogP contribution in [-0.2, 0) is 6.54 Å². The first-order chi connectivity index (χ1) is 9.51. The average Bonchev–Trinajstić information content (AvgIpc) is 2.42. The number of ether oxygens (including phenoxy) is 1. The third-order valence-corrected chi connectivity index (χ3v) is 3.04. The van der Waals surface area contributed by atoms with Crippen molar-refractivity contribution in [2.24, 2.45) is 0 Å². The van der Waals surface area contributed by atoms with Crippen LogP contribution in [0.3, 0.4) is 0 Å². The molecular formula is C15H16N2O3. The zero-order chi connectivity index (χ0) is 14.7. The third kappa shape index (κ3) is 2.93. The van der Waals surface area contributed by atoms with E-state index in [2.05, 4.69) is 4.98 Å². The summed E-state index contributed by atoms with van der Waals surface area (Å²) in [7, 11) is 1.57. The number of aryl methyl sites for hydroxylation is 2. The maximum atomic E-state index is 12.2. The van der Waals surface area contributed by atoms with Gasteiger partial charge < -0.3 is 4.74 Å². The number of Topliss-reactive ketones (excluding diaryl/α,β-unsaturated/α-hetero) is 1. The van der Waals surface area contributed by atoms with Crippen molar-refractivity contribution in [3.8, 4) is 5.75 Å². The standard InChI is InChI=1S/C15H16N2O3/c1-10-8-15(19)17(11(2)16-10)9-14(18)12-4-6-13(20-3)7-5-12/h4-8H,9H2,1-3H3. The van der Waals surface area contributed by atoms with E-state index in [-0.39, 0.29) is 17.9 Å². The minimum atomic E-state index is -0.211. The number of ketones is 1. The molecule has 0 unspecified atom stereocenters. The lowest BCUT2D eigenvalue weighted by atomic mass is 10.1. The molecule has 0 saturated carbocycles. The SMILES string of the molecule is COc1ccc(C(=O)Cn2c(C)nc(C)cc2=O)cc1. The van der Waals surface area contributed by atoms with E-state index in [0.717, 1.165) is 0 Å². The molecule has 0 radical (unpaired) electrons. The van der Waals surface area contributed by atoms with E-state index in [0.29, 0.717) is 22.8 Å². The van der Waals surface area contributed by atoms with E-state index in [1.54, 1.807) is 45.2 Å². The van der Waals surface area contributed by atoms with E-state index in [9.17, 15) is 9.59 Å².